The quantitative estimate of drug-likeness (QED) is 0.506. The van der Waals surface area contributed by atoms with Gasteiger partial charge in [0.1, 0.15) is 5.65 Å². The van der Waals surface area contributed by atoms with Crippen LogP contribution in [0.3, 0.4) is 0 Å². The van der Waals surface area contributed by atoms with Gasteiger partial charge in [0, 0.05) is 48.7 Å². The fourth-order valence-electron chi connectivity index (χ4n) is 4.49. The van der Waals surface area contributed by atoms with Gasteiger partial charge in [0.2, 0.25) is 21.7 Å². The van der Waals surface area contributed by atoms with Gasteiger partial charge in [0.05, 0.1) is 18.0 Å². The molecule has 9 nitrogen and oxygen atoms in total. The van der Waals surface area contributed by atoms with Crippen LogP contribution in [0, 0.1) is 19.4 Å². The summed E-state index contributed by atoms with van der Waals surface area (Å²) in [6, 6.07) is 2.15. The van der Waals surface area contributed by atoms with Crippen LogP contribution in [0.25, 0.3) is 27.1 Å². The number of aromatic nitrogens is 4. The number of H-pyrrole nitrogens is 1. The fraction of sp³-hybridized carbons (Fsp3) is 0.478. The van der Waals surface area contributed by atoms with Crippen LogP contribution in [0.2, 0.25) is 0 Å². The number of aryl methyl sites for hydroxylation is 1. The molecule has 1 atom stereocenters. The lowest BCUT2D eigenvalue weighted by atomic mass is 9.89. The zero-order valence-corrected chi connectivity index (χ0v) is 20.0. The molecular formula is C23H29N7O2S. The van der Waals surface area contributed by atoms with E-state index in [1.165, 1.54) is 0 Å². The summed E-state index contributed by atoms with van der Waals surface area (Å²) in [6.07, 6.45) is 7.65. The number of hydrogen-bond acceptors (Lipinski definition) is 6. The Balaban J connectivity index is 1.57. The van der Waals surface area contributed by atoms with Crippen LogP contribution in [-0.4, -0.2) is 57.5 Å². The summed E-state index contributed by atoms with van der Waals surface area (Å²) in [4.78, 5) is 20.3. The molecule has 4 heterocycles. The smallest absolute Gasteiger partial charge is 0.231 e. The summed E-state index contributed by atoms with van der Waals surface area (Å²) >= 11 is 0. The molecule has 1 unspecified atom stereocenters. The van der Waals surface area contributed by atoms with Crippen LogP contribution < -0.4 is 5.32 Å². The van der Waals surface area contributed by atoms with Crippen molar-refractivity contribution in [1.82, 2.24) is 24.2 Å². The van der Waals surface area contributed by atoms with E-state index in [0.29, 0.717) is 36.3 Å². The Morgan fingerprint density at radius 1 is 1.27 bits per heavy atom. The second-order valence-electron chi connectivity index (χ2n) is 8.45. The predicted octanol–water partition coefficient (Wildman–Crippen LogP) is 4.13. The Morgan fingerprint density at radius 2 is 2.03 bits per heavy atom. The molecule has 2 N–H and O–H groups in total. The van der Waals surface area contributed by atoms with Crippen molar-refractivity contribution in [3.8, 4) is 11.3 Å². The summed E-state index contributed by atoms with van der Waals surface area (Å²) in [6.45, 7) is 14.4. The van der Waals surface area contributed by atoms with Gasteiger partial charge in [-0.2, -0.15) is 0 Å². The van der Waals surface area contributed by atoms with E-state index in [9.17, 15) is 8.42 Å². The highest BCUT2D eigenvalue weighted by molar-refractivity contribution is 7.89. The number of rotatable bonds is 7. The molecule has 0 spiro atoms. The van der Waals surface area contributed by atoms with Crippen LogP contribution in [0.15, 0.2) is 24.7 Å². The van der Waals surface area contributed by atoms with Gasteiger partial charge in [-0.3, -0.25) is 0 Å². The van der Waals surface area contributed by atoms with Crippen molar-refractivity contribution in [3.63, 3.8) is 0 Å². The molecule has 0 aromatic carbocycles. The van der Waals surface area contributed by atoms with Crippen LogP contribution >= 0.6 is 0 Å². The van der Waals surface area contributed by atoms with Gasteiger partial charge in [0.15, 0.2) is 0 Å². The Labute approximate surface area is 194 Å². The van der Waals surface area contributed by atoms with E-state index in [1.807, 2.05) is 19.2 Å². The zero-order valence-electron chi connectivity index (χ0n) is 19.2. The summed E-state index contributed by atoms with van der Waals surface area (Å²) in [5.74, 6) is 0.939. The van der Waals surface area contributed by atoms with Gasteiger partial charge >= 0.3 is 0 Å². The van der Waals surface area contributed by atoms with Gasteiger partial charge in [-0.05, 0) is 50.7 Å². The van der Waals surface area contributed by atoms with Crippen molar-refractivity contribution in [2.24, 2.45) is 5.92 Å². The number of sulfonamides is 1. The molecule has 1 fully saturated rings. The molecule has 1 aliphatic heterocycles. The van der Waals surface area contributed by atoms with E-state index in [4.69, 9.17) is 11.6 Å². The number of nitrogens with one attached hydrogen (secondary N) is 2. The van der Waals surface area contributed by atoms with E-state index in [-0.39, 0.29) is 11.8 Å². The van der Waals surface area contributed by atoms with Crippen molar-refractivity contribution in [2.45, 2.75) is 46.1 Å². The first-order valence-corrected chi connectivity index (χ1v) is 12.9. The molecule has 4 rings (SSSR count). The summed E-state index contributed by atoms with van der Waals surface area (Å²) < 4.78 is 25.9. The lowest BCUT2D eigenvalue weighted by molar-refractivity contribution is 0.249. The van der Waals surface area contributed by atoms with Crippen LogP contribution in [-0.2, 0) is 10.0 Å². The first-order valence-electron chi connectivity index (χ1n) is 11.3. The molecule has 0 bridgehead atoms. The first kappa shape index (κ1) is 23.1. The van der Waals surface area contributed by atoms with Crippen molar-refractivity contribution in [1.29, 1.82) is 0 Å². The minimum Gasteiger partial charge on any atom is -0.351 e. The van der Waals surface area contributed by atoms with Crippen molar-refractivity contribution >= 4 is 32.7 Å². The molecule has 33 heavy (non-hydrogen) atoms. The van der Waals surface area contributed by atoms with Crippen LogP contribution in [0.4, 0.5) is 11.6 Å². The summed E-state index contributed by atoms with van der Waals surface area (Å²) in [5, 5.41) is 4.38. The summed E-state index contributed by atoms with van der Waals surface area (Å²) in [7, 11) is -3.14. The molecule has 1 saturated heterocycles. The number of anilines is 1. The molecule has 0 saturated carbocycles. The van der Waals surface area contributed by atoms with E-state index >= 15 is 0 Å². The third-order valence-electron chi connectivity index (χ3n) is 6.39. The largest absolute Gasteiger partial charge is 0.351 e. The normalized spacial score (nSPS) is 16.5. The highest BCUT2D eigenvalue weighted by Crippen LogP contribution is 2.34. The SMILES string of the molecule is [C-]#[N+]c1cnc(NC(CC)C2CCN(S(=O)(=O)CC)CC2)nc1-c1c[nH]c2ncc(C)cc12. The average molecular weight is 468 g/mol. The number of hydrogen-bond donors (Lipinski definition) is 2. The zero-order chi connectivity index (χ0) is 23.6. The van der Waals surface area contributed by atoms with E-state index in [2.05, 4.69) is 32.0 Å². The van der Waals surface area contributed by atoms with E-state index < -0.39 is 10.0 Å². The number of fused-ring (bicyclic) bond motifs is 1. The molecular weight excluding hydrogens is 438 g/mol. The topological polar surface area (TPSA) is 108 Å². The van der Waals surface area contributed by atoms with Crippen molar-refractivity contribution in [2.75, 3.05) is 24.2 Å². The fourth-order valence-corrected chi connectivity index (χ4v) is 5.62. The number of aromatic amines is 1. The van der Waals surface area contributed by atoms with Gasteiger partial charge in [-0.15, -0.1) is 0 Å². The first-order chi connectivity index (χ1) is 15.9. The van der Waals surface area contributed by atoms with Crippen molar-refractivity contribution in [3.05, 3.63) is 41.6 Å². The van der Waals surface area contributed by atoms with Crippen LogP contribution in [0.1, 0.15) is 38.7 Å². The second kappa shape index (κ2) is 9.45. The molecule has 3 aromatic rings. The Kier molecular flexibility index (Phi) is 6.63. The minimum absolute atomic E-state index is 0.120. The lowest BCUT2D eigenvalue weighted by Gasteiger charge is -2.35. The molecule has 0 amide bonds. The Morgan fingerprint density at radius 3 is 2.70 bits per heavy atom. The molecule has 0 aliphatic carbocycles. The second-order valence-corrected chi connectivity index (χ2v) is 10.7. The standard InChI is InChI=1S/C23H29N7O2S/c1-5-19(16-7-9-30(10-8-16)33(31,32)6-2)28-23-27-14-20(24-4)21(29-23)18-13-26-22-17(18)11-15(3)12-25-22/h11-14,16,19H,5-10H2,1-3H3,(H,25,26)(H,27,28,29). The van der Waals surface area contributed by atoms with Crippen molar-refractivity contribution < 1.29 is 8.42 Å². The lowest BCUT2D eigenvalue weighted by Crippen LogP contribution is -2.43. The third kappa shape index (κ3) is 4.70. The predicted molar refractivity (Wildman–Crippen MR) is 130 cm³/mol. The summed E-state index contributed by atoms with van der Waals surface area (Å²) in [5.41, 5.74) is 3.56. The van der Waals surface area contributed by atoms with E-state index in [0.717, 1.165) is 41.4 Å². The van der Waals surface area contributed by atoms with Gasteiger partial charge < -0.3 is 10.3 Å². The average Bonchev–Trinajstić information content (AvgIpc) is 3.25. The maximum Gasteiger partial charge on any atom is 0.231 e. The third-order valence-corrected chi connectivity index (χ3v) is 8.27. The molecule has 10 heteroatoms. The highest BCUT2D eigenvalue weighted by Gasteiger charge is 2.30. The monoisotopic (exact) mass is 467 g/mol. The molecule has 1 aliphatic rings. The Hall–Kier alpha value is -3.03. The number of nitrogens with zero attached hydrogens (tertiary/aromatic N) is 5. The number of piperidine rings is 1. The molecule has 0 radical (unpaired) electrons. The van der Waals surface area contributed by atoms with Crippen LogP contribution in [0.5, 0.6) is 0 Å². The van der Waals surface area contributed by atoms with Gasteiger partial charge in [-0.1, -0.05) is 6.92 Å². The Bertz CT molecular complexity index is 1290. The van der Waals surface area contributed by atoms with E-state index in [1.54, 1.807) is 23.6 Å². The molecule has 3 aromatic heterocycles. The van der Waals surface area contributed by atoms with Gasteiger partial charge in [0.25, 0.3) is 0 Å². The molecule has 174 valence electrons. The number of pyridine rings is 1. The minimum atomic E-state index is -3.14. The maximum absolute atomic E-state index is 12.2. The van der Waals surface area contributed by atoms with Gasteiger partial charge in [-0.25, -0.2) is 32.5 Å². The maximum atomic E-state index is 12.2. The highest BCUT2D eigenvalue weighted by atomic mass is 32.2.